The first-order valence-corrected chi connectivity index (χ1v) is 9.84. The minimum atomic E-state index is -0.789. The van der Waals surface area contributed by atoms with Crippen LogP contribution in [0.2, 0.25) is 10.0 Å². The molecule has 1 N–H and O–H groups in total. The molecule has 0 aromatic heterocycles. The Hall–Kier alpha value is -2.76. The molecule has 3 rings (SSSR count). The third kappa shape index (κ3) is 5.19. The van der Waals surface area contributed by atoms with Gasteiger partial charge in [0.25, 0.3) is 5.91 Å². The number of hydrogen-bond acceptors (Lipinski definition) is 4. The van der Waals surface area contributed by atoms with Crippen LogP contribution in [0.3, 0.4) is 0 Å². The molecule has 0 aliphatic heterocycles. The lowest BCUT2D eigenvalue weighted by molar-refractivity contribution is -0.127. The largest absolute Gasteiger partial charge is 0.493 e. The van der Waals surface area contributed by atoms with Gasteiger partial charge in [0.1, 0.15) is 11.5 Å². The number of rotatable bonds is 7. The molecule has 0 radical (unpaired) electrons. The van der Waals surface area contributed by atoms with Crippen LogP contribution >= 0.6 is 23.2 Å². The average Bonchev–Trinajstić information content (AvgIpc) is 2.71. The number of ether oxygens (including phenoxy) is 2. The maximum Gasteiger partial charge on any atom is 0.280 e. The van der Waals surface area contributed by atoms with Gasteiger partial charge in [-0.05, 0) is 49.6 Å². The lowest BCUT2D eigenvalue weighted by atomic mass is 10.0. The van der Waals surface area contributed by atoms with E-state index in [1.54, 1.807) is 31.3 Å². The molecule has 7 heteroatoms. The molecule has 0 aliphatic rings. The van der Waals surface area contributed by atoms with E-state index in [0.29, 0.717) is 22.4 Å². The lowest BCUT2D eigenvalue weighted by Crippen LogP contribution is -2.33. The second-order valence-electron chi connectivity index (χ2n) is 6.20. The number of carbonyl (C=O) groups excluding carboxylic acids is 1. The zero-order valence-electron chi connectivity index (χ0n) is 16.0. The predicted molar refractivity (Wildman–Crippen MR) is 117 cm³/mol. The van der Waals surface area contributed by atoms with Gasteiger partial charge in [-0.2, -0.15) is 5.10 Å². The van der Waals surface area contributed by atoms with Gasteiger partial charge in [0, 0.05) is 16.0 Å². The monoisotopic (exact) mass is 430 g/mol. The van der Waals surface area contributed by atoms with Crippen molar-refractivity contribution in [3.63, 3.8) is 0 Å². The Balaban J connectivity index is 1.69. The highest BCUT2D eigenvalue weighted by Crippen LogP contribution is 2.29. The van der Waals surface area contributed by atoms with Gasteiger partial charge >= 0.3 is 0 Å². The lowest BCUT2D eigenvalue weighted by Gasteiger charge is -2.14. The number of fused-ring (bicyclic) bond motifs is 1. The number of nitrogens with one attached hydrogen (secondary N) is 1. The van der Waals surface area contributed by atoms with E-state index in [2.05, 4.69) is 10.5 Å². The maximum atomic E-state index is 12.3. The van der Waals surface area contributed by atoms with Gasteiger partial charge in [0.15, 0.2) is 6.10 Å². The van der Waals surface area contributed by atoms with Crippen molar-refractivity contribution in [2.45, 2.75) is 20.0 Å². The summed E-state index contributed by atoms with van der Waals surface area (Å²) in [5.41, 5.74) is 3.35. The van der Waals surface area contributed by atoms with E-state index in [1.807, 2.05) is 43.3 Å². The maximum absolute atomic E-state index is 12.3. The smallest absolute Gasteiger partial charge is 0.280 e. The van der Waals surface area contributed by atoms with Crippen LogP contribution in [0.15, 0.2) is 59.7 Å². The summed E-state index contributed by atoms with van der Waals surface area (Å²) in [6, 6.07) is 16.5. The first-order chi connectivity index (χ1) is 14.0. The fourth-order valence-electron chi connectivity index (χ4n) is 2.76. The molecule has 3 aromatic rings. The van der Waals surface area contributed by atoms with Gasteiger partial charge < -0.3 is 9.47 Å². The summed E-state index contributed by atoms with van der Waals surface area (Å²) in [5, 5.41) is 6.86. The molecule has 150 valence electrons. The molecular formula is C22H20Cl2N2O3. The average molecular weight is 431 g/mol. The number of nitrogens with zero attached hydrogens (tertiary/aromatic N) is 1. The Morgan fingerprint density at radius 2 is 1.83 bits per heavy atom. The van der Waals surface area contributed by atoms with Crippen LogP contribution in [0.25, 0.3) is 10.8 Å². The minimum absolute atomic E-state index is 0.335. The Kier molecular flexibility index (Phi) is 6.96. The van der Waals surface area contributed by atoms with Gasteiger partial charge in [-0.1, -0.05) is 47.5 Å². The third-order valence-electron chi connectivity index (χ3n) is 4.16. The molecule has 3 aromatic carbocycles. The van der Waals surface area contributed by atoms with Crippen LogP contribution in [0.5, 0.6) is 11.5 Å². The Bertz CT molecular complexity index is 1050. The van der Waals surface area contributed by atoms with Gasteiger partial charge in [-0.25, -0.2) is 5.43 Å². The van der Waals surface area contributed by atoms with E-state index in [1.165, 1.54) is 0 Å². The van der Waals surface area contributed by atoms with E-state index in [0.717, 1.165) is 22.1 Å². The predicted octanol–water partition coefficient (Wildman–Crippen LogP) is 5.46. The van der Waals surface area contributed by atoms with E-state index in [-0.39, 0.29) is 0 Å². The highest BCUT2D eigenvalue weighted by atomic mass is 35.5. The number of hydrogen-bond donors (Lipinski definition) is 1. The number of amides is 1. The summed E-state index contributed by atoms with van der Waals surface area (Å²) in [6.45, 7) is 4.14. The van der Waals surface area contributed by atoms with Crippen molar-refractivity contribution in [3.05, 3.63) is 70.2 Å². The summed E-state index contributed by atoms with van der Waals surface area (Å²) < 4.78 is 11.3. The summed E-state index contributed by atoms with van der Waals surface area (Å²) >= 11 is 11.9. The summed E-state index contributed by atoms with van der Waals surface area (Å²) in [7, 11) is 0. The standard InChI is InChI=1S/C22H20Cl2N2O3/c1-3-28-20-10-8-15(17-6-4-5-7-18(17)20)13-25-26-22(27)14(2)29-21-11-9-16(23)12-19(21)24/h4-14H,3H2,1-2H3,(H,26,27). The Labute approximate surface area is 179 Å². The van der Waals surface area contributed by atoms with Gasteiger partial charge in [-0.3, -0.25) is 4.79 Å². The summed E-state index contributed by atoms with van der Waals surface area (Å²) in [5.74, 6) is 0.786. The fraction of sp³-hybridized carbons (Fsp3) is 0.182. The van der Waals surface area contributed by atoms with Crippen molar-refractivity contribution in [2.75, 3.05) is 6.61 Å². The van der Waals surface area contributed by atoms with Crippen molar-refractivity contribution in [1.29, 1.82) is 0 Å². The zero-order chi connectivity index (χ0) is 20.8. The number of hydrazone groups is 1. The molecule has 29 heavy (non-hydrogen) atoms. The zero-order valence-corrected chi connectivity index (χ0v) is 17.5. The van der Waals surface area contributed by atoms with Crippen LogP contribution in [-0.2, 0) is 4.79 Å². The van der Waals surface area contributed by atoms with Crippen LogP contribution in [-0.4, -0.2) is 24.8 Å². The molecule has 1 atom stereocenters. The Morgan fingerprint density at radius 1 is 1.10 bits per heavy atom. The molecule has 0 bridgehead atoms. The van der Waals surface area contributed by atoms with E-state index < -0.39 is 12.0 Å². The van der Waals surface area contributed by atoms with Crippen LogP contribution in [0.4, 0.5) is 0 Å². The third-order valence-corrected chi connectivity index (χ3v) is 4.69. The molecule has 1 unspecified atom stereocenters. The molecule has 0 aliphatic carbocycles. The second-order valence-corrected chi connectivity index (χ2v) is 7.04. The quantitative estimate of drug-likeness (QED) is 0.399. The fourth-order valence-corrected chi connectivity index (χ4v) is 3.21. The van der Waals surface area contributed by atoms with E-state index in [4.69, 9.17) is 32.7 Å². The molecule has 0 fully saturated rings. The first-order valence-electron chi connectivity index (χ1n) is 9.08. The van der Waals surface area contributed by atoms with Crippen LogP contribution < -0.4 is 14.9 Å². The van der Waals surface area contributed by atoms with Crippen LogP contribution in [0, 0.1) is 0 Å². The highest BCUT2D eigenvalue weighted by Gasteiger charge is 2.15. The molecule has 0 saturated heterocycles. The second kappa shape index (κ2) is 9.63. The van der Waals surface area contributed by atoms with E-state index >= 15 is 0 Å². The van der Waals surface area contributed by atoms with Crippen molar-refractivity contribution in [2.24, 2.45) is 5.10 Å². The van der Waals surface area contributed by atoms with Crippen molar-refractivity contribution in [3.8, 4) is 11.5 Å². The van der Waals surface area contributed by atoms with E-state index in [9.17, 15) is 4.79 Å². The molecule has 1 amide bonds. The molecule has 0 heterocycles. The Morgan fingerprint density at radius 3 is 2.55 bits per heavy atom. The van der Waals surface area contributed by atoms with Crippen molar-refractivity contribution >= 4 is 46.1 Å². The minimum Gasteiger partial charge on any atom is -0.493 e. The van der Waals surface area contributed by atoms with Crippen molar-refractivity contribution in [1.82, 2.24) is 5.43 Å². The summed E-state index contributed by atoms with van der Waals surface area (Å²) in [4.78, 5) is 12.3. The normalized spacial score (nSPS) is 12.1. The van der Waals surface area contributed by atoms with Crippen LogP contribution in [0.1, 0.15) is 19.4 Å². The number of benzene rings is 3. The molecule has 0 spiro atoms. The SMILES string of the molecule is CCOc1ccc(C=NNC(=O)C(C)Oc2ccc(Cl)cc2Cl)c2ccccc12. The van der Waals surface area contributed by atoms with Gasteiger partial charge in [0.2, 0.25) is 0 Å². The first kappa shape index (κ1) is 21.0. The van der Waals surface area contributed by atoms with Gasteiger partial charge in [0.05, 0.1) is 17.8 Å². The molecule has 0 saturated carbocycles. The van der Waals surface area contributed by atoms with Gasteiger partial charge in [-0.15, -0.1) is 0 Å². The highest BCUT2D eigenvalue weighted by molar-refractivity contribution is 6.35. The topological polar surface area (TPSA) is 59.9 Å². The number of halogens is 2. The molecular weight excluding hydrogens is 411 g/mol. The van der Waals surface area contributed by atoms with Crippen molar-refractivity contribution < 1.29 is 14.3 Å². The number of carbonyl (C=O) groups is 1. The summed E-state index contributed by atoms with van der Waals surface area (Å²) in [6.07, 6.45) is 0.806. The molecule has 5 nitrogen and oxygen atoms in total.